The minimum absolute atomic E-state index is 0.143. The van der Waals surface area contributed by atoms with E-state index >= 15 is 0 Å². The Hall–Kier alpha value is -2.04. The molecule has 5 heteroatoms. The van der Waals surface area contributed by atoms with E-state index in [-0.39, 0.29) is 17.3 Å². The monoisotopic (exact) mass is 275 g/mol. The lowest BCUT2D eigenvalue weighted by molar-refractivity contribution is 0.546. The highest BCUT2D eigenvalue weighted by atomic mass is 16.2. The summed E-state index contributed by atoms with van der Waals surface area (Å²) in [6.45, 7) is 4.32. The van der Waals surface area contributed by atoms with Gasteiger partial charge >= 0.3 is 5.69 Å². The van der Waals surface area contributed by atoms with Crippen LogP contribution < -0.4 is 16.6 Å². The maximum atomic E-state index is 11.9. The summed E-state index contributed by atoms with van der Waals surface area (Å²) in [5.41, 5.74) is -0.645. The second kappa shape index (κ2) is 6.41. The third-order valence-corrected chi connectivity index (χ3v) is 3.32. The van der Waals surface area contributed by atoms with Crippen molar-refractivity contribution >= 4 is 5.82 Å². The minimum atomic E-state index is -0.369. The van der Waals surface area contributed by atoms with Crippen LogP contribution in [-0.2, 0) is 0 Å². The van der Waals surface area contributed by atoms with Crippen LogP contribution >= 0.6 is 0 Å². The van der Waals surface area contributed by atoms with Crippen LogP contribution in [0.4, 0.5) is 5.82 Å². The number of hydrogen-bond donors (Lipinski definition) is 2. The number of aromatic nitrogens is 2. The molecule has 0 saturated carbocycles. The van der Waals surface area contributed by atoms with E-state index in [0.29, 0.717) is 18.3 Å². The van der Waals surface area contributed by atoms with Crippen molar-refractivity contribution in [2.75, 3.05) is 11.9 Å². The predicted octanol–water partition coefficient (Wildman–Crippen LogP) is 2.05. The molecule has 1 unspecified atom stereocenters. The SMILES string of the molecule is CC(C)n1c(=O)cc(NCC2C=CCC=CC2)[nH]c1=O. The van der Waals surface area contributed by atoms with Gasteiger partial charge in [-0.1, -0.05) is 24.3 Å². The molecule has 0 aromatic carbocycles. The molecule has 0 amide bonds. The van der Waals surface area contributed by atoms with Crippen molar-refractivity contribution in [3.8, 4) is 0 Å². The molecule has 1 atom stereocenters. The molecule has 2 rings (SSSR count). The number of nitrogens with zero attached hydrogens (tertiary/aromatic N) is 1. The Kier molecular flexibility index (Phi) is 4.61. The Labute approximate surface area is 118 Å². The van der Waals surface area contributed by atoms with Gasteiger partial charge in [-0.25, -0.2) is 4.79 Å². The summed E-state index contributed by atoms with van der Waals surface area (Å²) in [5, 5.41) is 3.14. The smallest absolute Gasteiger partial charge is 0.330 e. The van der Waals surface area contributed by atoms with E-state index < -0.39 is 0 Å². The number of H-pyrrole nitrogens is 1. The fraction of sp³-hybridized carbons (Fsp3) is 0.467. The quantitative estimate of drug-likeness (QED) is 0.826. The third-order valence-electron chi connectivity index (χ3n) is 3.32. The van der Waals surface area contributed by atoms with E-state index in [9.17, 15) is 9.59 Å². The van der Waals surface area contributed by atoms with Gasteiger partial charge in [0, 0.05) is 18.7 Å². The summed E-state index contributed by atoms with van der Waals surface area (Å²) in [7, 11) is 0. The lowest BCUT2D eigenvalue weighted by Gasteiger charge is -2.13. The van der Waals surface area contributed by atoms with Crippen molar-refractivity contribution in [3.05, 3.63) is 51.2 Å². The molecular formula is C15H21N3O2. The van der Waals surface area contributed by atoms with Gasteiger partial charge < -0.3 is 5.32 Å². The topological polar surface area (TPSA) is 66.9 Å². The molecule has 1 aliphatic carbocycles. The summed E-state index contributed by atoms with van der Waals surface area (Å²) in [4.78, 5) is 26.4. The van der Waals surface area contributed by atoms with Gasteiger partial charge in [0.25, 0.3) is 5.56 Å². The van der Waals surface area contributed by atoms with Crippen molar-refractivity contribution in [3.63, 3.8) is 0 Å². The normalized spacial score (nSPS) is 18.2. The summed E-state index contributed by atoms with van der Waals surface area (Å²) >= 11 is 0. The van der Waals surface area contributed by atoms with E-state index in [1.165, 1.54) is 10.6 Å². The Balaban J connectivity index is 2.09. The standard InChI is InChI=1S/C15H21N3O2/c1-11(2)18-14(19)9-13(17-15(18)20)16-10-12-7-5-3-4-6-8-12/h3,5-6,8-9,11-12,16H,4,7,10H2,1-2H3,(H,17,20). The van der Waals surface area contributed by atoms with Crippen molar-refractivity contribution in [1.82, 2.24) is 9.55 Å². The zero-order chi connectivity index (χ0) is 14.5. The highest BCUT2D eigenvalue weighted by Crippen LogP contribution is 2.12. The zero-order valence-electron chi connectivity index (χ0n) is 11.9. The van der Waals surface area contributed by atoms with Crippen LogP contribution in [0.15, 0.2) is 40.0 Å². The van der Waals surface area contributed by atoms with E-state index in [0.717, 1.165) is 12.8 Å². The highest BCUT2D eigenvalue weighted by molar-refractivity contribution is 5.32. The molecule has 0 bridgehead atoms. The van der Waals surface area contributed by atoms with Crippen LogP contribution in [-0.4, -0.2) is 16.1 Å². The summed E-state index contributed by atoms with van der Waals surface area (Å²) in [5.74, 6) is 0.864. The predicted molar refractivity (Wildman–Crippen MR) is 81.2 cm³/mol. The van der Waals surface area contributed by atoms with Crippen molar-refractivity contribution in [2.24, 2.45) is 5.92 Å². The molecule has 1 aliphatic rings. The highest BCUT2D eigenvalue weighted by Gasteiger charge is 2.09. The number of nitrogens with one attached hydrogen (secondary N) is 2. The van der Waals surface area contributed by atoms with Gasteiger partial charge in [-0.2, -0.15) is 0 Å². The maximum Gasteiger partial charge on any atom is 0.330 e. The van der Waals surface area contributed by atoms with Crippen LogP contribution in [0.2, 0.25) is 0 Å². The summed E-state index contributed by atoms with van der Waals surface area (Å²) in [6.07, 6.45) is 10.5. The third kappa shape index (κ3) is 3.50. The molecule has 5 nitrogen and oxygen atoms in total. The van der Waals surface area contributed by atoms with Gasteiger partial charge in [-0.15, -0.1) is 0 Å². The lowest BCUT2D eigenvalue weighted by atomic mass is 10.1. The van der Waals surface area contributed by atoms with Crippen LogP contribution in [0, 0.1) is 5.92 Å². The molecule has 20 heavy (non-hydrogen) atoms. The van der Waals surface area contributed by atoms with Crippen LogP contribution in [0.5, 0.6) is 0 Å². The number of rotatable bonds is 4. The van der Waals surface area contributed by atoms with E-state index in [1.54, 1.807) is 0 Å². The average Bonchev–Trinajstić information content (AvgIpc) is 2.63. The molecule has 1 heterocycles. The fourth-order valence-electron chi connectivity index (χ4n) is 2.28. The van der Waals surface area contributed by atoms with E-state index in [4.69, 9.17) is 0 Å². The Morgan fingerprint density at radius 1 is 1.35 bits per heavy atom. The van der Waals surface area contributed by atoms with Crippen molar-refractivity contribution < 1.29 is 0 Å². The van der Waals surface area contributed by atoms with Gasteiger partial charge in [0.2, 0.25) is 0 Å². The molecule has 0 spiro atoms. The van der Waals surface area contributed by atoms with Crippen molar-refractivity contribution in [1.29, 1.82) is 0 Å². The average molecular weight is 275 g/mol. The van der Waals surface area contributed by atoms with Gasteiger partial charge in [-0.3, -0.25) is 14.3 Å². The van der Waals surface area contributed by atoms with E-state index in [1.807, 2.05) is 13.8 Å². The Morgan fingerprint density at radius 3 is 2.85 bits per heavy atom. The van der Waals surface area contributed by atoms with Crippen LogP contribution in [0.25, 0.3) is 0 Å². The molecule has 2 N–H and O–H groups in total. The first-order valence-electron chi connectivity index (χ1n) is 6.99. The number of anilines is 1. The molecule has 0 radical (unpaired) electrons. The van der Waals surface area contributed by atoms with Gasteiger partial charge in [0.1, 0.15) is 5.82 Å². The first-order chi connectivity index (χ1) is 9.58. The Morgan fingerprint density at radius 2 is 2.15 bits per heavy atom. The number of hydrogen-bond acceptors (Lipinski definition) is 3. The van der Waals surface area contributed by atoms with Crippen molar-refractivity contribution in [2.45, 2.75) is 32.7 Å². The molecule has 1 aromatic rings. The molecular weight excluding hydrogens is 254 g/mol. The molecule has 108 valence electrons. The minimum Gasteiger partial charge on any atom is -0.371 e. The van der Waals surface area contributed by atoms with Crippen LogP contribution in [0.1, 0.15) is 32.7 Å². The number of allylic oxidation sites excluding steroid dienone is 3. The molecule has 0 fully saturated rings. The second-order valence-corrected chi connectivity index (χ2v) is 5.30. The zero-order valence-corrected chi connectivity index (χ0v) is 11.9. The van der Waals surface area contributed by atoms with Gasteiger partial charge in [0.15, 0.2) is 0 Å². The largest absolute Gasteiger partial charge is 0.371 e. The summed E-state index contributed by atoms with van der Waals surface area (Å²) < 4.78 is 1.21. The fourth-order valence-corrected chi connectivity index (χ4v) is 2.28. The first kappa shape index (κ1) is 14.4. The summed E-state index contributed by atoms with van der Waals surface area (Å²) in [6, 6.07) is 1.30. The Bertz CT molecular complexity index is 591. The van der Waals surface area contributed by atoms with E-state index in [2.05, 4.69) is 34.6 Å². The molecule has 0 aliphatic heterocycles. The lowest BCUT2D eigenvalue weighted by Crippen LogP contribution is -2.36. The first-order valence-corrected chi connectivity index (χ1v) is 6.99. The van der Waals surface area contributed by atoms with Crippen LogP contribution in [0.3, 0.4) is 0 Å². The maximum absolute atomic E-state index is 11.9. The molecule has 0 saturated heterocycles. The molecule has 1 aromatic heterocycles. The number of aromatic amines is 1. The second-order valence-electron chi connectivity index (χ2n) is 5.30. The van der Waals surface area contributed by atoms with Gasteiger partial charge in [-0.05, 0) is 32.6 Å². The van der Waals surface area contributed by atoms with Gasteiger partial charge in [0.05, 0.1) is 0 Å².